The van der Waals surface area contributed by atoms with Gasteiger partial charge in [-0.3, -0.25) is 9.63 Å². The number of nitrogens with one attached hydrogen (secondary N) is 1. The quantitative estimate of drug-likeness (QED) is 0.813. The van der Waals surface area contributed by atoms with Crippen LogP contribution in [-0.4, -0.2) is 25.2 Å². The highest BCUT2D eigenvalue weighted by Crippen LogP contribution is 2.20. The first-order valence-electron chi connectivity index (χ1n) is 6.95. The summed E-state index contributed by atoms with van der Waals surface area (Å²) in [6.45, 7) is 1.69. The summed E-state index contributed by atoms with van der Waals surface area (Å²) in [7, 11) is 1.60. The zero-order chi connectivity index (χ0) is 14.4. The molecule has 1 saturated carbocycles. The lowest BCUT2D eigenvalue weighted by Gasteiger charge is -2.16. The van der Waals surface area contributed by atoms with Crippen molar-refractivity contribution in [1.82, 2.24) is 5.48 Å². The van der Waals surface area contributed by atoms with Crippen LogP contribution >= 0.6 is 0 Å². The van der Waals surface area contributed by atoms with E-state index >= 15 is 0 Å². The third-order valence-electron chi connectivity index (χ3n) is 3.37. The largest absolute Gasteiger partial charge is 0.497 e. The molecule has 0 aliphatic heterocycles. The Balaban J connectivity index is 1.77. The summed E-state index contributed by atoms with van der Waals surface area (Å²) in [6.07, 6.45) is 3.88. The highest BCUT2D eigenvalue weighted by atomic mass is 16.7. The maximum absolute atomic E-state index is 11.8. The molecule has 1 atom stereocenters. The van der Waals surface area contributed by atoms with Crippen LogP contribution in [0.4, 0.5) is 0 Å². The Morgan fingerprint density at radius 3 is 2.40 bits per heavy atom. The fourth-order valence-corrected chi connectivity index (χ4v) is 2.14. The van der Waals surface area contributed by atoms with Crippen LogP contribution in [0.15, 0.2) is 24.3 Å². The lowest BCUT2D eigenvalue weighted by Crippen LogP contribution is -2.38. The van der Waals surface area contributed by atoms with E-state index in [4.69, 9.17) is 14.3 Å². The van der Waals surface area contributed by atoms with E-state index in [2.05, 4.69) is 5.48 Å². The van der Waals surface area contributed by atoms with E-state index < -0.39 is 6.10 Å². The molecule has 0 spiro atoms. The van der Waals surface area contributed by atoms with Gasteiger partial charge >= 0.3 is 0 Å². The van der Waals surface area contributed by atoms with Crippen LogP contribution in [0.5, 0.6) is 11.5 Å². The maximum atomic E-state index is 11.8. The first kappa shape index (κ1) is 14.7. The van der Waals surface area contributed by atoms with E-state index in [9.17, 15) is 4.79 Å². The highest BCUT2D eigenvalue weighted by molar-refractivity contribution is 5.79. The van der Waals surface area contributed by atoms with Crippen LogP contribution in [0.1, 0.15) is 32.6 Å². The van der Waals surface area contributed by atoms with Gasteiger partial charge in [0.25, 0.3) is 5.91 Å². The SMILES string of the molecule is COc1ccc(OC(C)C(=O)NOC2CCCC2)cc1. The lowest BCUT2D eigenvalue weighted by atomic mass is 10.3. The number of hydrogen-bond donors (Lipinski definition) is 1. The van der Waals surface area contributed by atoms with E-state index in [1.165, 1.54) is 12.8 Å². The average molecular weight is 279 g/mol. The van der Waals surface area contributed by atoms with Crippen molar-refractivity contribution in [3.63, 3.8) is 0 Å². The van der Waals surface area contributed by atoms with Gasteiger partial charge in [0.2, 0.25) is 0 Å². The third-order valence-corrected chi connectivity index (χ3v) is 3.37. The molecule has 5 nitrogen and oxygen atoms in total. The van der Waals surface area contributed by atoms with Crippen LogP contribution in [0.25, 0.3) is 0 Å². The standard InChI is InChI=1S/C15H21NO4/c1-11(15(17)16-20-14-5-3-4-6-14)19-13-9-7-12(18-2)8-10-13/h7-11,14H,3-6H2,1-2H3,(H,16,17). The zero-order valence-corrected chi connectivity index (χ0v) is 11.9. The summed E-state index contributed by atoms with van der Waals surface area (Å²) in [6, 6.07) is 7.10. The predicted octanol–water partition coefficient (Wildman–Crippen LogP) is 2.45. The van der Waals surface area contributed by atoms with Crippen molar-refractivity contribution in [3.8, 4) is 11.5 Å². The second-order valence-electron chi connectivity index (χ2n) is 4.93. The van der Waals surface area contributed by atoms with Crippen LogP contribution in [0.3, 0.4) is 0 Å². The van der Waals surface area contributed by atoms with Crippen molar-refractivity contribution < 1.29 is 19.1 Å². The maximum Gasteiger partial charge on any atom is 0.284 e. The molecule has 2 rings (SSSR count). The summed E-state index contributed by atoms with van der Waals surface area (Å²) >= 11 is 0. The number of carbonyl (C=O) groups is 1. The molecule has 1 aromatic rings. The molecule has 0 saturated heterocycles. The Morgan fingerprint density at radius 2 is 1.80 bits per heavy atom. The Kier molecular flexibility index (Phi) is 5.24. The van der Waals surface area contributed by atoms with E-state index in [0.717, 1.165) is 18.6 Å². The molecule has 1 aromatic carbocycles. The van der Waals surface area contributed by atoms with Crippen molar-refractivity contribution in [2.24, 2.45) is 0 Å². The van der Waals surface area contributed by atoms with Crippen molar-refractivity contribution >= 4 is 5.91 Å². The predicted molar refractivity (Wildman–Crippen MR) is 74.6 cm³/mol. The van der Waals surface area contributed by atoms with Gasteiger partial charge in [-0.25, -0.2) is 5.48 Å². The number of methoxy groups -OCH3 is 1. The molecule has 0 radical (unpaired) electrons. The number of amides is 1. The van der Waals surface area contributed by atoms with Gasteiger partial charge in [0, 0.05) is 0 Å². The molecule has 0 heterocycles. The normalized spacial score (nSPS) is 16.7. The van der Waals surface area contributed by atoms with Crippen LogP contribution < -0.4 is 15.0 Å². The highest BCUT2D eigenvalue weighted by Gasteiger charge is 2.20. The van der Waals surface area contributed by atoms with Gasteiger partial charge < -0.3 is 9.47 Å². The van der Waals surface area contributed by atoms with Crippen molar-refractivity contribution in [2.45, 2.75) is 44.8 Å². The lowest BCUT2D eigenvalue weighted by molar-refractivity contribution is -0.144. The fraction of sp³-hybridized carbons (Fsp3) is 0.533. The third kappa shape index (κ3) is 4.13. The first-order chi connectivity index (χ1) is 9.69. The molecule has 20 heavy (non-hydrogen) atoms. The summed E-state index contributed by atoms with van der Waals surface area (Å²) in [5, 5.41) is 0. The molecule has 1 amide bonds. The number of ether oxygens (including phenoxy) is 2. The molecule has 1 N–H and O–H groups in total. The summed E-state index contributed by atoms with van der Waals surface area (Å²) in [5.74, 6) is 1.10. The molecule has 1 aliphatic carbocycles. The average Bonchev–Trinajstić information content (AvgIpc) is 2.98. The topological polar surface area (TPSA) is 56.8 Å². The number of carbonyl (C=O) groups excluding carboxylic acids is 1. The van der Waals surface area contributed by atoms with Gasteiger partial charge in [-0.2, -0.15) is 0 Å². The van der Waals surface area contributed by atoms with Crippen molar-refractivity contribution in [2.75, 3.05) is 7.11 Å². The van der Waals surface area contributed by atoms with Gasteiger partial charge in [-0.15, -0.1) is 0 Å². The number of rotatable bonds is 6. The van der Waals surface area contributed by atoms with Crippen LogP contribution in [0.2, 0.25) is 0 Å². The molecule has 1 fully saturated rings. The van der Waals surface area contributed by atoms with E-state index in [-0.39, 0.29) is 12.0 Å². The smallest absolute Gasteiger partial charge is 0.284 e. The fourth-order valence-electron chi connectivity index (χ4n) is 2.14. The Bertz CT molecular complexity index is 426. The molecular weight excluding hydrogens is 258 g/mol. The molecule has 0 aromatic heterocycles. The second kappa shape index (κ2) is 7.14. The number of benzene rings is 1. The summed E-state index contributed by atoms with van der Waals surface area (Å²) in [4.78, 5) is 17.2. The zero-order valence-electron chi connectivity index (χ0n) is 11.9. The molecule has 0 bridgehead atoms. The summed E-state index contributed by atoms with van der Waals surface area (Å²) < 4.78 is 10.6. The Morgan fingerprint density at radius 1 is 1.20 bits per heavy atom. The van der Waals surface area contributed by atoms with Crippen molar-refractivity contribution in [3.05, 3.63) is 24.3 Å². The van der Waals surface area contributed by atoms with Gasteiger partial charge in [0.15, 0.2) is 6.10 Å². The second-order valence-corrected chi connectivity index (χ2v) is 4.93. The Labute approximate surface area is 119 Å². The molecule has 110 valence electrons. The van der Waals surface area contributed by atoms with Gasteiger partial charge in [-0.05, 0) is 44.0 Å². The molecule has 1 unspecified atom stereocenters. The van der Waals surface area contributed by atoms with Gasteiger partial charge in [-0.1, -0.05) is 12.8 Å². The Hall–Kier alpha value is -1.75. The number of hydroxylamine groups is 1. The molecule has 5 heteroatoms. The van der Waals surface area contributed by atoms with E-state index in [1.54, 1.807) is 38.3 Å². The van der Waals surface area contributed by atoms with E-state index in [1.807, 2.05) is 0 Å². The minimum Gasteiger partial charge on any atom is -0.497 e. The van der Waals surface area contributed by atoms with Gasteiger partial charge in [0.05, 0.1) is 13.2 Å². The molecule has 1 aliphatic rings. The molecular formula is C15H21NO4. The monoisotopic (exact) mass is 279 g/mol. The van der Waals surface area contributed by atoms with Crippen molar-refractivity contribution in [1.29, 1.82) is 0 Å². The van der Waals surface area contributed by atoms with Crippen LogP contribution in [0, 0.1) is 0 Å². The summed E-state index contributed by atoms with van der Waals surface area (Å²) in [5.41, 5.74) is 2.48. The number of hydrogen-bond acceptors (Lipinski definition) is 4. The van der Waals surface area contributed by atoms with Gasteiger partial charge in [0.1, 0.15) is 11.5 Å². The van der Waals surface area contributed by atoms with E-state index in [0.29, 0.717) is 5.75 Å². The first-order valence-corrected chi connectivity index (χ1v) is 6.95. The van der Waals surface area contributed by atoms with Crippen LogP contribution in [-0.2, 0) is 9.63 Å². The minimum atomic E-state index is -0.607. The minimum absolute atomic E-state index is 0.145.